The highest BCUT2D eigenvalue weighted by molar-refractivity contribution is 5.76. The number of ether oxygens (including phenoxy) is 6. The molecular formula is C80H141NO18. The number of hydrogen-bond acceptors (Lipinski definition) is 18. The molecule has 0 aliphatic carbocycles. The summed E-state index contributed by atoms with van der Waals surface area (Å²) in [6, 6.07) is -0.989. The first kappa shape index (κ1) is 90.2. The first-order valence-corrected chi connectivity index (χ1v) is 39.3. The fourth-order valence-corrected chi connectivity index (χ4v) is 12.9. The van der Waals surface area contributed by atoms with Crippen molar-refractivity contribution in [2.75, 3.05) is 26.4 Å². The number of unbranched alkanes of at least 4 members (excludes halogenated alkanes) is 33. The maximum Gasteiger partial charge on any atom is 0.220 e. The molecule has 0 saturated carbocycles. The number of aliphatic hydroxyl groups excluding tert-OH is 11. The molecule has 0 aromatic rings. The van der Waals surface area contributed by atoms with Gasteiger partial charge in [-0.1, -0.05) is 292 Å². The fraction of sp³-hybridized carbons (Fsp3) is 0.812. The van der Waals surface area contributed by atoms with Gasteiger partial charge >= 0.3 is 0 Å². The van der Waals surface area contributed by atoms with E-state index in [2.05, 4.69) is 92.1 Å². The van der Waals surface area contributed by atoms with Gasteiger partial charge in [0.15, 0.2) is 18.9 Å². The maximum absolute atomic E-state index is 13.5. The number of aliphatic hydroxyl groups is 11. The van der Waals surface area contributed by atoms with E-state index in [9.17, 15) is 61.0 Å². The van der Waals surface area contributed by atoms with Crippen LogP contribution in [0.1, 0.15) is 284 Å². The van der Waals surface area contributed by atoms with E-state index in [0.29, 0.717) is 6.42 Å². The van der Waals surface area contributed by atoms with E-state index in [-0.39, 0.29) is 18.9 Å². The van der Waals surface area contributed by atoms with Crippen LogP contribution in [0.4, 0.5) is 0 Å². The van der Waals surface area contributed by atoms with Crippen LogP contribution in [0, 0.1) is 0 Å². The van der Waals surface area contributed by atoms with E-state index >= 15 is 0 Å². The van der Waals surface area contributed by atoms with E-state index in [4.69, 9.17) is 28.4 Å². The van der Waals surface area contributed by atoms with E-state index in [0.717, 1.165) is 103 Å². The van der Waals surface area contributed by atoms with E-state index in [1.54, 1.807) is 6.08 Å². The molecule has 17 unspecified atom stereocenters. The van der Waals surface area contributed by atoms with Crippen LogP contribution in [0.25, 0.3) is 0 Å². The van der Waals surface area contributed by atoms with Gasteiger partial charge in [-0.2, -0.15) is 0 Å². The van der Waals surface area contributed by atoms with Gasteiger partial charge in [-0.15, -0.1) is 0 Å². The quantitative estimate of drug-likeness (QED) is 0.0199. The minimum absolute atomic E-state index is 0.222. The third-order valence-electron chi connectivity index (χ3n) is 19.2. The molecule has 3 saturated heterocycles. The highest BCUT2D eigenvalue weighted by Crippen LogP contribution is 2.33. The molecular weight excluding hydrogens is 1260 g/mol. The summed E-state index contributed by atoms with van der Waals surface area (Å²) < 4.78 is 34.4. The second kappa shape index (κ2) is 60.3. The molecule has 3 fully saturated rings. The monoisotopic (exact) mass is 1400 g/mol. The predicted octanol–water partition coefficient (Wildman–Crippen LogP) is 12.6. The lowest BCUT2D eigenvalue weighted by molar-refractivity contribution is -0.379. The Labute approximate surface area is 597 Å². The summed E-state index contributed by atoms with van der Waals surface area (Å²) in [6.45, 7) is 1.63. The van der Waals surface area contributed by atoms with Crippen LogP contribution in [-0.4, -0.2) is 193 Å². The van der Waals surface area contributed by atoms with Gasteiger partial charge in [0.05, 0.1) is 38.6 Å². The number of rotatable bonds is 61. The van der Waals surface area contributed by atoms with Crippen LogP contribution in [0.5, 0.6) is 0 Å². The van der Waals surface area contributed by atoms with Gasteiger partial charge in [-0.25, -0.2) is 0 Å². The summed E-state index contributed by atoms with van der Waals surface area (Å²) in [5.41, 5.74) is 0. The molecule has 0 spiro atoms. The van der Waals surface area contributed by atoms with E-state index in [1.165, 1.54) is 154 Å². The second-order valence-corrected chi connectivity index (χ2v) is 27.8. The number of hydrogen-bond donors (Lipinski definition) is 12. The van der Waals surface area contributed by atoms with Gasteiger partial charge in [-0.3, -0.25) is 4.79 Å². The van der Waals surface area contributed by atoms with Crippen LogP contribution in [0.3, 0.4) is 0 Å². The molecule has 3 heterocycles. The molecule has 574 valence electrons. The van der Waals surface area contributed by atoms with Crippen LogP contribution in [0.2, 0.25) is 0 Å². The van der Waals surface area contributed by atoms with Gasteiger partial charge in [0.1, 0.15) is 73.2 Å². The zero-order chi connectivity index (χ0) is 71.8. The van der Waals surface area contributed by atoms with Crippen LogP contribution < -0.4 is 5.32 Å². The number of amides is 1. The highest BCUT2D eigenvalue weighted by atomic mass is 16.8. The van der Waals surface area contributed by atoms with Crippen molar-refractivity contribution in [2.45, 2.75) is 388 Å². The molecule has 0 radical (unpaired) electrons. The minimum Gasteiger partial charge on any atom is -0.394 e. The average molecular weight is 1400 g/mol. The summed E-state index contributed by atoms with van der Waals surface area (Å²) in [6.07, 6.45) is 52.7. The molecule has 19 nitrogen and oxygen atoms in total. The first-order chi connectivity index (χ1) is 48.3. The minimum atomic E-state index is -1.98. The van der Waals surface area contributed by atoms with Crippen LogP contribution in [-0.2, 0) is 33.2 Å². The predicted molar refractivity (Wildman–Crippen MR) is 392 cm³/mol. The Bertz CT molecular complexity index is 2120. The SMILES string of the molecule is CC/C=C\C/C=C\C/C=C\C/C=C\C/C=C\C/C=C\CCCCCCCCC(=O)NC(COC1OC(CO)C(OC2OC(CO)C(OC3OC(CO)C(O)C(O)C3O)C(O)C2O)C(O)C1O)C(O)/C=C/CCCCCCCCCCCCCCCCCCCCCCCCCCCCC. The molecule has 3 rings (SSSR count). The standard InChI is InChI=1S/C80H141NO18/c1-3-5-7-9-11-13-15-17-19-21-23-25-27-29-30-31-32-34-35-37-39-41-43-45-47-49-51-53-55-57-64(85)63(81-68(86)58-56-54-52-50-48-46-44-42-40-38-36-33-28-26-24-22-20-18-16-14-12-10-8-6-4-2)62-94-78-74(92)71(89)76(66(60-83)96-78)99-80-75(93)72(90)77(67(61-84)97-80)98-79-73(91)70(88)69(87)65(59-82)95-79/h6,8,12,14,18,20,24,26,33,36,40,42,55,57,63-67,69-80,82-85,87-93H,3-5,7,9-11,13,15-17,19,21-23,25,27-32,34-35,37-39,41,43-54,56,58-62H2,1-2H3,(H,81,86)/b8-6-,14-12-,20-18-,26-24-,36-33-,42-40-,57-55+. The molecule has 1 amide bonds. The van der Waals surface area contributed by atoms with E-state index in [1.807, 2.05) is 6.08 Å². The Balaban J connectivity index is 1.40. The number of carbonyl (C=O) groups excluding carboxylic acids is 1. The Morgan fingerprint density at radius 2 is 0.697 bits per heavy atom. The molecule has 17 atom stereocenters. The zero-order valence-corrected chi connectivity index (χ0v) is 61.2. The Kier molecular flexibility index (Phi) is 54.9. The van der Waals surface area contributed by atoms with Crippen LogP contribution >= 0.6 is 0 Å². The summed E-state index contributed by atoms with van der Waals surface area (Å²) >= 11 is 0. The normalized spacial score (nSPS) is 27.1. The Hall–Kier alpha value is -3.03. The van der Waals surface area contributed by atoms with Crippen molar-refractivity contribution in [3.63, 3.8) is 0 Å². The van der Waals surface area contributed by atoms with Gasteiger partial charge in [0, 0.05) is 6.42 Å². The summed E-state index contributed by atoms with van der Waals surface area (Å²) in [4.78, 5) is 13.5. The number of allylic oxidation sites excluding steroid dienone is 13. The fourth-order valence-electron chi connectivity index (χ4n) is 12.9. The Morgan fingerprint density at radius 1 is 0.374 bits per heavy atom. The van der Waals surface area contributed by atoms with Crippen molar-refractivity contribution in [3.8, 4) is 0 Å². The van der Waals surface area contributed by atoms with Crippen molar-refractivity contribution in [3.05, 3.63) is 85.1 Å². The van der Waals surface area contributed by atoms with Crippen molar-refractivity contribution in [1.82, 2.24) is 5.32 Å². The molecule has 0 aromatic carbocycles. The number of carbonyl (C=O) groups is 1. The zero-order valence-electron chi connectivity index (χ0n) is 61.2. The second-order valence-electron chi connectivity index (χ2n) is 27.8. The topological polar surface area (TPSA) is 307 Å². The lowest BCUT2D eigenvalue weighted by Crippen LogP contribution is -2.66. The van der Waals surface area contributed by atoms with Crippen molar-refractivity contribution in [1.29, 1.82) is 0 Å². The van der Waals surface area contributed by atoms with Gasteiger partial charge in [0.25, 0.3) is 0 Å². The van der Waals surface area contributed by atoms with Crippen LogP contribution in [0.15, 0.2) is 85.1 Å². The maximum atomic E-state index is 13.5. The third-order valence-corrected chi connectivity index (χ3v) is 19.2. The molecule has 3 aliphatic heterocycles. The van der Waals surface area contributed by atoms with Gasteiger partial charge in [-0.05, 0) is 70.6 Å². The molecule has 19 heteroatoms. The summed E-state index contributed by atoms with van der Waals surface area (Å²) in [7, 11) is 0. The molecule has 99 heavy (non-hydrogen) atoms. The molecule has 12 N–H and O–H groups in total. The summed E-state index contributed by atoms with van der Waals surface area (Å²) in [5, 5.41) is 121. The highest BCUT2D eigenvalue weighted by Gasteiger charge is 2.53. The molecule has 0 aromatic heterocycles. The first-order valence-electron chi connectivity index (χ1n) is 39.3. The average Bonchev–Trinajstić information content (AvgIpc) is 0.755. The number of nitrogens with one attached hydrogen (secondary N) is 1. The Morgan fingerprint density at radius 3 is 1.09 bits per heavy atom. The van der Waals surface area contributed by atoms with Crippen molar-refractivity contribution < 1.29 is 89.4 Å². The van der Waals surface area contributed by atoms with Gasteiger partial charge < -0.3 is 89.9 Å². The van der Waals surface area contributed by atoms with Crippen molar-refractivity contribution >= 4 is 5.91 Å². The molecule has 0 bridgehead atoms. The largest absolute Gasteiger partial charge is 0.394 e. The smallest absolute Gasteiger partial charge is 0.220 e. The van der Waals surface area contributed by atoms with Gasteiger partial charge in [0.2, 0.25) is 5.91 Å². The van der Waals surface area contributed by atoms with Crippen molar-refractivity contribution in [2.24, 2.45) is 0 Å². The lowest BCUT2D eigenvalue weighted by Gasteiger charge is -2.48. The third kappa shape index (κ3) is 40.7. The summed E-state index contributed by atoms with van der Waals surface area (Å²) in [5.74, 6) is -0.290. The van der Waals surface area contributed by atoms with E-state index < -0.39 is 124 Å². The lowest BCUT2D eigenvalue weighted by atomic mass is 9.96. The molecule has 3 aliphatic rings.